The summed E-state index contributed by atoms with van der Waals surface area (Å²) in [5.74, 6) is -2.33. The predicted octanol–water partition coefficient (Wildman–Crippen LogP) is 3.65. The fourth-order valence-corrected chi connectivity index (χ4v) is 3.13. The maximum absolute atomic E-state index is 13.0. The van der Waals surface area contributed by atoms with Gasteiger partial charge in [0.2, 0.25) is 0 Å². The third-order valence-corrected chi connectivity index (χ3v) is 4.76. The van der Waals surface area contributed by atoms with E-state index in [0.29, 0.717) is 11.3 Å². The van der Waals surface area contributed by atoms with Gasteiger partial charge in [0.25, 0.3) is 0 Å². The van der Waals surface area contributed by atoms with E-state index in [1.54, 1.807) is 56.3 Å². The average molecular weight is 426 g/mol. The van der Waals surface area contributed by atoms with Gasteiger partial charge < -0.3 is 14.2 Å². The third kappa shape index (κ3) is 5.78. The van der Waals surface area contributed by atoms with E-state index in [0.717, 1.165) is 0 Å². The first-order valence-electron chi connectivity index (χ1n) is 9.97. The fourth-order valence-electron chi connectivity index (χ4n) is 3.13. The van der Waals surface area contributed by atoms with E-state index in [-0.39, 0.29) is 18.8 Å². The van der Waals surface area contributed by atoms with Crippen molar-refractivity contribution in [2.24, 2.45) is 5.41 Å². The Morgan fingerprint density at radius 2 is 1.16 bits per heavy atom. The Bertz CT molecular complexity index is 899. The van der Waals surface area contributed by atoms with E-state index in [1.807, 2.05) is 0 Å². The number of benzene rings is 2. The number of Topliss-reactive ketones (excluding diaryl/α,β-unsaturated/α-hetero) is 2. The zero-order valence-corrected chi connectivity index (χ0v) is 17.9. The van der Waals surface area contributed by atoms with Crippen LogP contribution >= 0.6 is 0 Å². The van der Waals surface area contributed by atoms with Crippen LogP contribution in [0.1, 0.15) is 47.4 Å². The summed E-state index contributed by atoms with van der Waals surface area (Å²) in [5, 5.41) is 0. The molecule has 0 heterocycles. The molecule has 0 amide bonds. The fraction of sp³-hybridized carbons (Fsp3) is 0.333. The second-order valence-corrected chi connectivity index (χ2v) is 6.82. The molecule has 31 heavy (non-hydrogen) atoms. The summed E-state index contributed by atoms with van der Waals surface area (Å²) in [6.45, 7) is 3.13. The molecule has 0 saturated heterocycles. The number of ether oxygens (including phenoxy) is 3. The molecule has 0 aliphatic carbocycles. The van der Waals surface area contributed by atoms with Crippen LogP contribution in [-0.4, -0.2) is 43.8 Å². The second kappa shape index (κ2) is 11.1. The molecule has 0 bridgehead atoms. The van der Waals surface area contributed by atoms with Gasteiger partial charge in [0.1, 0.15) is 5.75 Å². The Labute approximate surface area is 181 Å². The van der Waals surface area contributed by atoms with Crippen molar-refractivity contribution in [2.45, 2.75) is 26.7 Å². The molecule has 0 radical (unpaired) electrons. The first-order valence-corrected chi connectivity index (χ1v) is 9.97. The van der Waals surface area contributed by atoms with Gasteiger partial charge in [0.05, 0.1) is 20.3 Å². The van der Waals surface area contributed by atoms with E-state index in [1.165, 1.54) is 19.2 Å². The molecule has 0 aromatic heterocycles. The van der Waals surface area contributed by atoms with Crippen LogP contribution in [0.3, 0.4) is 0 Å². The van der Waals surface area contributed by atoms with Crippen LogP contribution in [0, 0.1) is 5.41 Å². The number of carbonyl (C=O) groups excluding carboxylic acids is 4. The molecular weight excluding hydrogens is 400 g/mol. The zero-order chi connectivity index (χ0) is 22.9. The second-order valence-electron chi connectivity index (χ2n) is 6.82. The lowest BCUT2D eigenvalue weighted by atomic mass is 9.76. The molecule has 0 unspecified atom stereocenters. The summed E-state index contributed by atoms with van der Waals surface area (Å²) in [6, 6.07) is 14.5. The van der Waals surface area contributed by atoms with Crippen molar-refractivity contribution in [1.82, 2.24) is 0 Å². The molecule has 2 rings (SSSR count). The van der Waals surface area contributed by atoms with Gasteiger partial charge in [-0.3, -0.25) is 19.2 Å². The zero-order valence-electron chi connectivity index (χ0n) is 17.9. The number of hydrogen-bond acceptors (Lipinski definition) is 7. The van der Waals surface area contributed by atoms with Crippen molar-refractivity contribution in [1.29, 1.82) is 0 Å². The molecule has 0 spiro atoms. The number of esters is 2. The summed E-state index contributed by atoms with van der Waals surface area (Å²) < 4.78 is 15.3. The molecule has 0 saturated carbocycles. The van der Waals surface area contributed by atoms with Gasteiger partial charge in [-0.25, -0.2) is 0 Å². The molecule has 0 aliphatic rings. The molecule has 0 aliphatic heterocycles. The third-order valence-electron chi connectivity index (χ3n) is 4.76. The lowest BCUT2D eigenvalue weighted by Gasteiger charge is -2.28. The Balaban J connectivity index is 2.46. The number of hydrogen-bond donors (Lipinski definition) is 0. The Morgan fingerprint density at radius 3 is 1.58 bits per heavy atom. The minimum atomic E-state index is -2.09. The van der Waals surface area contributed by atoms with Crippen LogP contribution in [0.25, 0.3) is 0 Å². The summed E-state index contributed by atoms with van der Waals surface area (Å²) in [4.78, 5) is 51.9. The van der Waals surface area contributed by atoms with Gasteiger partial charge in [0, 0.05) is 24.0 Å². The summed E-state index contributed by atoms with van der Waals surface area (Å²) in [7, 11) is 1.50. The minimum absolute atomic E-state index is 0.0176. The molecule has 2 aromatic rings. The van der Waals surface area contributed by atoms with Crippen molar-refractivity contribution >= 4 is 23.5 Å². The van der Waals surface area contributed by atoms with E-state index in [9.17, 15) is 19.2 Å². The lowest BCUT2D eigenvalue weighted by Crippen LogP contribution is -2.45. The average Bonchev–Trinajstić information content (AvgIpc) is 2.79. The number of methoxy groups -OCH3 is 1. The highest BCUT2D eigenvalue weighted by Gasteiger charge is 2.52. The number of ketones is 2. The van der Waals surface area contributed by atoms with Crippen molar-refractivity contribution in [2.75, 3.05) is 20.3 Å². The molecule has 0 N–H and O–H groups in total. The molecule has 2 aromatic carbocycles. The SMILES string of the molecule is CCOC(=O)C(CC(=O)c1ccccc1)(CC(=O)c1ccc(OC)cc1)C(=O)OCC. The lowest BCUT2D eigenvalue weighted by molar-refractivity contribution is -0.171. The van der Waals surface area contributed by atoms with Gasteiger partial charge in [-0.1, -0.05) is 30.3 Å². The van der Waals surface area contributed by atoms with Crippen LogP contribution in [0.2, 0.25) is 0 Å². The van der Waals surface area contributed by atoms with Crippen LogP contribution in [0.4, 0.5) is 0 Å². The van der Waals surface area contributed by atoms with Crippen molar-refractivity contribution in [3.8, 4) is 5.75 Å². The van der Waals surface area contributed by atoms with E-state index in [4.69, 9.17) is 14.2 Å². The van der Waals surface area contributed by atoms with Crippen LogP contribution in [0.5, 0.6) is 5.75 Å². The normalized spacial score (nSPS) is 10.8. The number of rotatable bonds is 11. The highest BCUT2D eigenvalue weighted by atomic mass is 16.6. The monoisotopic (exact) mass is 426 g/mol. The first kappa shape index (κ1) is 23.8. The largest absolute Gasteiger partial charge is 0.497 e. The highest BCUT2D eigenvalue weighted by molar-refractivity contribution is 6.11. The van der Waals surface area contributed by atoms with Gasteiger partial charge in [-0.15, -0.1) is 0 Å². The topological polar surface area (TPSA) is 96.0 Å². The Hall–Kier alpha value is -3.48. The predicted molar refractivity (Wildman–Crippen MR) is 113 cm³/mol. The quantitative estimate of drug-likeness (QED) is 0.307. The summed E-state index contributed by atoms with van der Waals surface area (Å²) in [5.41, 5.74) is -1.50. The maximum atomic E-state index is 13.0. The van der Waals surface area contributed by atoms with Crippen molar-refractivity contribution in [3.63, 3.8) is 0 Å². The number of carbonyl (C=O) groups is 4. The van der Waals surface area contributed by atoms with Crippen molar-refractivity contribution in [3.05, 3.63) is 65.7 Å². The van der Waals surface area contributed by atoms with E-state index < -0.39 is 41.8 Å². The minimum Gasteiger partial charge on any atom is -0.497 e. The molecule has 0 atom stereocenters. The van der Waals surface area contributed by atoms with E-state index in [2.05, 4.69) is 0 Å². The van der Waals surface area contributed by atoms with Gasteiger partial charge in [0.15, 0.2) is 17.0 Å². The Kier molecular flexibility index (Phi) is 8.49. The van der Waals surface area contributed by atoms with Gasteiger partial charge in [-0.05, 0) is 38.1 Å². The van der Waals surface area contributed by atoms with Crippen LogP contribution < -0.4 is 4.74 Å². The van der Waals surface area contributed by atoms with Gasteiger partial charge in [-0.2, -0.15) is 0 Å². The standard InChI is InChI=1S/C24H26O7/c1-4-30-22(27)24(23(28)31-5-2,15-20(25)17-9-7-6-8-10-17)16-21(26)18-11-13-19(29-3)14-12-18/h6-14H,4-5,15-16H2,1-3H3. The van der Waals surface area contributed by atoms with E-state index >= 15 is 0 Å². The molecule has 164 valence electrons. The summed E-state index contributed by atoms with van der Waals surface area (Å²) in [6.07, 6.45) is -1.11. The molecule has 7 heteroatoms. The van der Waals surface area contributed by atoms with Crippen LogP contribution in [0.15, 0.2) is 54.6 Å². The first-order chi connectivity index (χ1) is 14.9. The molecule has 0 fully saturated rings. The Morgan fingerprint density at radius 1 is 0.710 bits per heavy atom. The van der Waals surface area contributed by atoms with Crippen LogP contribution in [-0.2, 0) is 19.1 Å². The molecule has 7 nitrogen and oxygen atoms in total. The highest BCUT2D eigenvalue weighted by Crippen LogP contribution is 2.34. The van der Waals surface area contributed by atoms with Crippen molar-refractivity contribution < 1.29 is 33.4 Å². The maximum Gasteiger partial charge on any atom is 0.324 e. The smallest absolute Gasteiger partial charge is 0.324 e. The van der Waals surface area contributed by atoms with Gasteiger partial charge >= 0.3 is 11.9 Å². The molecular formula is C24H26O7. The summed E-state index contributed by atoms with van der Waals surface area (Å²) >= 11 is 0.